The van der Waals surface area contributed by atoms with E-state index in [9.17, 15) is 52.7 Å². The van der Waals surface area contributed by atoms with Crippen LogP contribution in [-0.4, -0.2) is 24.7 Å². The van der Waals surface area contributed by atoms with Crippen molar-refractivity contribution in [1.29, 1.82) is 0 Å². The quantitative estimate of drug-likeness (QED) is 0.425. The summed E-state index contributed by atoms with van der Waals surface area (Å²) in [6.07, 6.45) is -24.3. The van der Waals surface area contributed by atoms with Crippen LogP contribution in [0.2, 0.25) is 0 Å². The molecule has 158 valence electrons. The summed E-state index contributed by atoms with van der Waals surface area (Å²) in [5, 5.41) is 0. The molecule has 0 radical (unpaired) electrons. The topological polar surface area (TPSA) is 0 Å². The van der Waals surface area contributed by atoms with Crippen LogP contribution < -0.4 is 0 Å². The number of hydrogen-bond acceptors (Lipinski definition) is 0. The van der Waals surface area contributed by atoms with Gasteiger partial charge in [-0.1, -0.05) is 27.7 Å². The van der Waals surface area contributed by atoms with Crippen LogP contribution in [0.25, 0.3) is 0 Å². The van der Waals surface area contributed by atoms with Gasteiger partial charge in [0.05, 0.1) is 21.7 Å². The molecule has 0 fully saturated rings. The van der Waals surface area contributed by atoms with E-state index < -0.39 is 60.2 Å². The summed E-state index contributed by atoms with van der Waals surface area (Å²) in [5.41, 5.74) is -18.2. The lowest BCUT2D eigenvalue weighted by molar-refractivity contribution is -0.439. The van der Waals surface area contributed by atoms with E-state index in [0.717, 1.165) is 0 Å². The molecule has 0 amide bonds. The van der Waals surface area contributed by atoms with Gasteiger partial charge in [-0.15, -0.1) is 0 Å². The number of alkyl halides is 12. The van der Waals surface area contributed by atoms with Gasteiger partial charge in [-0.25, -0.2) is 0 Å². The Morgan fingerprint density at radius 1 is 0.308 bits per heavy atom. The lowest BCUT2D eigenvalue weighted by Crippen LogP contribution is -2.72. The molecule has 0 N–H and O–H groups in total. The summed E-state index contributed by atoms with van der Waals surface area (Å²) in [6, 6.07) is 0. The second-order valence-corrected chi connectivity index (χ2v) is 7.49. The van der Waals surface area contributed by atoms with E-state index in [-0.39, 0.29) is 27.7 Å². The highest BCUT2D eigenvalue weighted by Crippen LogP contribution is 2.75. The van der Waals surface area contributed by atoms with Gasteiger partial charge in [-0.05, 0) is 13.8 Å². The average Bonchev–Trinajstić information content (AvgIpc) is 2.30. The highest BCUT2D eigenvalue weighted by Gasteiger charge is 2.86. The normalized spacial score (nSPS) is 20.5. The van der Waals surface area contributed by atoms with Gasteiger partial charge in [0, 0.05) is 0 Å². The molecule has 0 aliphatic rings. The van der Waals surface area contributed by atoms with Gasteiger partial charge >= 0.3 is 24.7 Å². The van der Waals surface area contributed by atoms with E-state index in [0.29, 0.717) is 0 Å². The van der Waals surface area contributed by atoms with Gasteiger partial charge in [-0.2, -0.15) is 52.7 Å². The van der Waals surface area contributed by atoms with Crippen molar-refractivity contribution < 1.29 is 52.7 Å². The smallest absolute Gasteiger partial charge is 0.170 e. The Bertz CT molecular complexity index is 468. The van der Waals surface area contributed by atoms with Gasteiger partial charge in [0.2, 0.25) is 0 Å². The SMILES string of the molecule is CC(C)(C(F)(F)F)C(C)(C(F)(F)F)C(C)(C(F)(F)F)C(C)(C)C(F)(F)F. The third kappa shape index (κ3) is 2.94. The number of hydrogen-bond donors (Lipinski definition) is 0. The Morgan fingerprint density at radius 3 is 0.538 bits per heavy atom. The van der Waals surface area contributed by atoms with Crippen LogP contribution in [0, 0.1) is 21.7 Å². The molecule has 0 saturated heterocycles. The fraction of sp³-hybridized carbons (Fsp3) is 1.00. The Labute approximate surface area is 141 Å². The lowest BCUT2D eigenvalue weighted by atomic mass is 9.44. The van der Waals surface area contributed by atoms with Crippen LogP contribution >= 0.6 is 0 Å². The summed E-state index contributed by atoms with van der Waals surface area (Å²) in [4.78, 5) is 0. The molecular weight excluding hydrogens is 396 g/mol. The molecule has 0 nitrogen and oxygen atoms in total. The monoisotopic (exact) mass is 414 g/mol. The van der Waals surface area contributed by atoms with Crippen molar-refractivity contribution in [2.45, 2.75) is 66.2 Å². The summed E-state index contributed by atoms with van der Waals surface area (Å²) in [7, 11) is 0. The van der Waals surface area contributed by atoms with E-state index in [1.165, 1.54) is 0 Å². The Balaban J connectivity index is 7.50. The fourth-order valence-corrected chi connectivity index (χ4v) is 3.09. The lowest BCUT2D eigenvalue weighted by Gasteiger charge is -2.61. The molecule has 0 saturated carbocycles. The molecule has 0 spiro atoms. The highest BCUT2D eigenvalue weighted by molar-refractivity contribution is 5.16. The zero-order valence-corrected chi connectivity index (χ0v) is 14.5. The number of rotatable bonds is 3. The van der Waals surface area contributed by atoms with E-state index in [1.807, 2.05) is 0 Å². The molecule has 12 heteroatoms. The second kappa shape index (κ2) is 5.83. The molecule has 0 bridgehead atoms. The molecule has 0 aromatic carbocycles. The minimum absolute atomic E-state index is 0.184. The van der Waals surface area contributed by atoms with Crippen molar-refractivity contribution in [3.8, 4) is 0 Å². The summed E-state index contributed by atoms with van der Waals surface area (Å²) < 4.78 is 162. The third-order valence-corrected chi connectivity index (χ3v) is 6.05. The maximum atomic E-state index is 13.7. The van der Waals surface area contributed by atoms with Crippen LogP contribution in [0.3, 0.4) is 0 Å². The van der Waals surface area contributed by atoms with E-state index in [4.69, 9.17) is 0 Å². The first-order chi connectivity index (χ1) is 10.8. The molecule has 0 aliphatic carbocycles. The van der Waals surface area contributed by atoms with Crippen molar-refractivity contribution in [1.82, 2.24) is 0 Å². The van der Waals surface area contributed by atoms with Crippen molar-refractivity contribution in [2.75, 3.05) is 0 Å². The summed E-state index contributed by atoms with van der Waals surface area (Å²) in [6.45, 7) is -1.65. The molecule has 0 heterocycles. The van der Waals surface area contributed by atoms with Gasteiger partial charge in [0.25, 0.3) is 0 Å². The first-order valence-corrected chi connectivity index (χ1v) is 7.02. The van der Waals surface area contributed by atoms with E-state index in [2.05, 4.69) is 0 Å². The van der Waals surface area contributed by atoms with Gasteiger partial charge in [0.15, 0.2) is 0 Å². The Hall–Kier alpha value is -0.840. The number of halogens is 12. The Morgan fingerprint density at radius 2 is 0.462 bits per heavy atom. The first-order valence-electron chi connectivity index (χ1n) is 7.02. The molecule has 0 aliphatic heterocycles. The third-order valence-electron chi connectivity index (χ3n) is 6.05. The second-order valence-electron chi connectivity index (χ2n) is 7.49. The van der Waals surface area contributed by atoms with Gasteiger partial charge < -0.3 is 0 Å². The molecule has 26 heavy (non-hydrogen) atoms. The highest BCUT2D eigenvalue weighted by atomic mass is 19.4. The van der Waals surface area contributed by atoms with Gasteiger partial charge in [-0.3, -0.25) is 0 Å². The van der Waals surface area contributed by atoms with Crippen molar-refractivity contribution >= 4 is 0 Å². The molecule has 0 rings (SSSR count). The molecule has 2 atom stereocenters. The maximum Gasteiger partial charge on any atom is 0.395 e. The van der Waals surface area contributed by atoms with Crippen LogP contribution in [-0.2, 0) is 0 Å². The maximum absolute atomic E-state index is 13.7. The molecule has 0 aromatic heterocycles. The fourth-order valence-electron chi connectivity index (χ4n) is 3.09. The first kappa shape index (κ1) is 25.2. The average molecular weight is 414 g/mol. The summed E-state index contributed by atoms with van der Waals surface area (Å²) >= 11 is 0. The zero-order valence-electron chi connectivity index (χ0n) is 14.5. The van der Waals surface area contributed by atoms with Gasteiger partial charge in [0.1, 0.15) is 0 Å². The molecule has 0 aromatic rings. The van der Waals surface area contributed by atoms with Crippen molar-refractivity contribution in [3.63, 3.8) is 0 Å². The molecular formula is C14H18F12. The van der Waals surface area contributed by atoms with Crippen LogP contribution in [0.4, 0.5) is 52.7 Å². The Kier molecular flexibility index (Phi) is 5.64. The summed E-state index contributed by atoms with van der Waals surface area (Å²) in [5.74, 6) is 0. The van der Waals surface area contributed by atoms with Crippen LogP contribution in [0.5, 0.6) is 0 Å². The minimum atomic E-state index is -6.28. The van der Waals surface area contributed by atoms with Crippen molar-refractivity contribution in [2.24, 2.45) is 21.7 Å². The largest absolute Gasteiger partial charge is 0.395 e. The predicted molar refractivity (Wildman–Crippen MR) is 68.0 cm³/mol. The zero-order chi connectivity index (χ0) is 22.0. The van der Waals surface area contributed by atoms with Crippen LogP contribution in [0.15, 0.2) is 0 Å². The predicted octanol–water partition coefficient (Wildman–Crippen LogP) is 7.30. The van der Waals surface area contributed by atoms with Crippen LogP contribution in [0.1, 0.15) is 41.5 Å². The van der Waals surface area contributed by atoms with E-state index in [1.54, 1.807) is 0 Å². The standard InChI is InChI=1S/C14H18F12/c1-7(2,11(15,16)17)9(5,13(21,22)23)10(6,14(24,25)26)8(3,4)12(18,19)20/h1-6H3. The minimum Gasteiger partial charge on any atom is -0.170 e. The molecule has 2 unspecified atom stereocenters. The van der Waals surface area contributed by atoms with Crippen molar-refractivity contribution in [3.05, 3.63) is 0 Å². The van der Waals surface area contributed by atoms with E-state index >= 15 is 0 Å².